The summed E-state index contributed by atoms with van der Waals surface area (Å²) < 4.78 is 10.2. The molecule has 0 radical (unpaired) electrons. The van der Waals surface area contributed by atoms with Crippen LogP contribution in [0.15, 0.2) is 4.99 Å². The second kappa shape index (κ2) is 5.47. The third-order valence-electron chi connectivity index (χ3n) is 2.74. The summed E-state index contributed by atoms with van der Waals surface area (Å²) in [4.78, 5) is 4.46. The van der Waals surface area contributed by atoms with Crippen LogP contribution in [-0.4, -0.2) is 39.4 Å². The summed E-state index contributed by atoms with van der Waals surface area (Å²) in [6.45, 7) is 6.11. The minimum atomic E-state index is -0.197. The molecular formula is C11H22N2O2. The van der Waals surface area contributed by atoms with Crippen molar-refractivity contribution in [1.29, 1.82) is 0 Å². The zero-order valence-electron chi connectivity index (χ0n) is 10.2. The minimum Gasteiger partial charge on any atom is -0.369 e. The van der Waals surface area contributed by atoms with Crippen LogP contribution in [0.3, 0.4) is 0 Å². The Labute approximate surface area is 92.1 Å². The first-order valence-electron chi connectivity index (χ1n) is 5.40. The van der Waals surface area contributed by atoms with Gasteiger partial charge in [0.15, 0.2) is 6.29 Å². The van der Waals surface area contributed by atoms with Gasteiger partial charge in [-0.15, -0.1) is 0 Å². The van der Waals surface area contributed by atoms with Crippen LogP contribution in [0.1, 0.15) is 26.7 Å². The Balaban J connectivity index is 2.36. The summed E-state index contributed by atoms with van der Waals surface area (Å²) in [6.07, 6.45) is 1.97. The normalized spacial score (nSPS) is 20.2. The van der Waals surface area contributed by atoms with Crippen LogP contribution in [0.25, 0.3) is 0 Å². The van der Waals surface area contributed by atoms with Crippen LogP contribution in [0.5, 0.6) is 0 Å². The lowest BCUT2D eigenvalue weighted by atomic mass is 9.83. The molecule has 1 rings (SSSR count). The van der Waals surface area contributed by atoms with Crippen LogP contribution in [0.4, 0.5) is 0 Å². The number of ether oxygens (including phenoxy) is 2. The Morgan fingerprint density at radius 2 is 2.07 bits per heavy atom. The molecule has 0 fully saturated rings. The number of hydrogen-bond acceptors (Lipinski definition) is 4. The summed E-state index contributed by atoms with van der Waals surface area (Å²) in [5, 5.41) is 3.28. The van der Waals surface area contributed by atoms with Crippen LogP contribution >= 0.6 is 0 Å². The number of amidine groups is 1. The maximum atomic E-state index is 5.10. The predicted molar refractivity (Wildman–Crippen MR) is 61.1 cm³/mol. The van der Waals surface area contributed by atoms with Gasteiger partial charge in [-0.25, -0.2) is 0 Å². The molecular weight excluding hydrogens is 192 g/mol. The van der Waals surface area contributed by atoms with Gasteiger partial charge in [-0.1, -0.05) is 13.8 Å². The smallest absolute Gasteiger partial charge is 0.173 e. The van der Waals surface area contributed by atoms with E-state index in [1.165, 1.54) is 0 Å². The monoisotopic (exact) mass is 214 g/mol. The van der Waals surface area contributed by atoms with E-state index in [-0.39, 0.29) is 6.29 Å². The minimum absolute atomic E-state index is 0.197. The maximum absolute atomic E-state index is 5.10. The molecule has 0 bridgehead atoms. The fraction of sp³-hybridized carbons (Fsp3) is 0.909. The van der Waals surface area contributed by atoms with E-state index < -0.39 is 0 Å². The van der Waals surface area contributed by atoms with Gasteiger partial charge >= 0.3 is 0 Å². The van der Waals surface area contributed by atoms with Gasteiger partial charge in [0.2, 0.25) is 0 Å². The molecule has 88 valence electrons. The standard InChI is InChI=1S/C11H22N2O2/c1-11(2)5-6-12-9(7-11)13-8-10(14-3)15-4/h10H,5-8H2,1-4H3,(H,12,13). The first-order chi connectivity index (χ1) is 7.07. The van der Waals surface area contributed by atoms with Crippen molar-refractivity contribution in [2.24, 2.45) is 10.4 Å². The largest absolute Gasteiger partial charge is 0.369 e. The zero-order chi connectivity index (χ0) is 11.3. The fourth-order valence-corrected chi connectivity index (χ4v) is 1.67. The van der Waals surface area contributed by atoms with E-state index in [0.717, 1.165) is 25.2 Å². The molecule has 1 aliphatic rings. The molecule has 0 aliphatic carbocycles. The van der Waals surface area contributed by atoms with Crippen molar-refractivity contribution < 1.29 is 9.47 Å². The van der Waals surface area contributed by atoms with E-state index in [2.05, 4.69) is 24.2 Å². The van der Waals surface area contributed by atoms with Crippen molar-refractivity contribution in [3.8, 4) is 0 Å². The van der Waals surface area contributed by atoms with Crippen molar-refractivity contribution in [1.82, 2.24) is 5.32 Å². The van der Waals surface area contributed by atoms with Gasteiger partial charge in [0.25, 0.3) is 0 Å². The summed E-state index contributed by atoms with van der Waals surface area (Å²) >= 11 is 0. The van der Waals surface area contributed by atoms with Crippen LogP contribution in [0, 0.1) is 5.41 Å². The van der Waals surface area contributed by atoms with Crippen LogP contribution in [-0.2, 0) is 9.47 Å². The van der Waals surface area contributed by atoms with Gasteiger partial charge < -0.3 is 14.8 Å². The summed E-state index contributed by atoms with van der Waals surface area (Å²) in [5.41, 5.74) is 0.361. The van der Waals surface area contributed by atoms with E-state index in [4.69, 9.17) is 9.47 Å². The van der Waals surface area contributed by atoms with E-state index >= 15 is 0 Å². The molecule has 1 N–H and O–H groups in total. The highest BCUT2D eigenvalue weighted by Gasteiger charge is 2.24. The number of nitrogens with one attached hydrogen (secondary N) is 1. The van der Waals surface area contributed by atoms with Gasteiger partial charge in [-0.3, -0.25) is 4.99 Å². The zero-order valence-corrected chi connectivity index (χ0v) is 10.2. The second-order valence-corrected chi connectivity index (χ2v) is 4.70. The fourth-order valence-electron chi connectivity index (χ4n) is 1.67. The Morgan fingerprint density at radius 1 is 1.40 bits per heavy atom. The molecule has 1 heterocycles. The van der Waals surface area contributed by atoms with Crippen LogP contribution < -0.4 is 5.32 Å². The molecule has 0 atom stereocenters. The SMILES string of the molecule is COC(CNC1=NCCC(C)(C)C1)OC. The first kappa shape index (κ1) is 12.5. The van der Waals surface area contributed by atoms with Crippen molar-refractivity contribution >= 4 is 5.84 Å². The highest BCUT2D eigenvalue weighted by molar-refractivity contribution is 5.83. The highest BCUT2D eigenvalue weighted by atomic mass is 16.7. The number of hydrogen-bond donors (Lipinski definition) is 1. The van der Waals surface area contributed by atoms with E-state index in [9.17, 15) is 0 Å². The molecule has 4 nitrogen and oxygen atoms in total. The van der Waals surface area contributed by atoms with Crippen LogP contribution in [0.2, 0.25) is 0 Å². The second-order valence-electron chi connectivity index (χ2n) is 4.70. The van der Waals surface area contributed by atoms with Gasteiger partial charge in [0.05, 0.1) is 12.4 Å². The molecule has 0 saturated heterocycles. The molecule has 0 saturated carbocycles. The third kappa shape index (κ3) is 4.18. The maximum Gasteiger partial charge on any atom is 0.173 e. The third-order valence-corrected chi connectivity index (χ3v) is 2.74. The average Bonchev–Trinajstić information content (AvgIpc) is 2.18. The summed E-state index contributed by atoms with van der Waals surface area (Å²) in [7, 11) is 3.28. The van der Waals surface area contributed by atoms with Crippen molar-refractivity contribution in [2.75, 3.05) is 27.3 Å². The number of aliphatic imine (C=N–C) groups is 1. The topological polar surface area (TPSA) is 42.8 Å². The molecule has 0 unspecified atom stereocenters. The van der Waals surface area contributed by atoms with Crippen molar-refractivity contribution in [3.63, 3.8) is 0 Å². The molecule has 4 heteroatoms. The van der Waals surface area contributed by atoms with Gasteiger partial charge in [-0.05, 0) is 11.8 Å². The van der Waals surface area contributed by atoms with Gasteiger partial charge in [0, 0.05) is 27.2 Å². The quantitative estimate of drug-likeness (QED) is 0.720. The van der Waals surface area contributed by atoms with Crippen molar-refractivity contribution in [3.05, 3.63) is 0 Å². The molecule has 0 amide bonds. The summed E-state index contributed by atoms with van der Waals surface area (Å²) in [5.74, 6) is 1.07. The van der Waals surface area contributed by atoms with E-state index in [1.807, 2.05) is 0 Å². The predicted octanol–water partition coefficient (Wildman–Crippen LogP) is 1.41. The van der Waals surface area contributed by atoms with Gasteiger partial charge in [-0.2, -0.15) is 0 Å². The molecule has 0 aromatic rings. The van der Waals surface area contributed by atoms with E-state index in [1.54, 1.807) is 14.2 Å². The number of nitrogens with zero attached hydrogens (tertiary/aromatic N) is 1. The number of methoxy groups -OCH3 is 2. The number of rotatable bonds is 4. The lowest BCUT2D eigenvalue weighted by molar-refractivity contribution is -0.0966. The summed E-state index contributed by atoms with van der Waals surface area (Å²) in [6, 6.07) is 0. The molecule has 1 aliphatic heterocycles. The van der Waals surface area contributed by atoms with Gasteiger partial charge in [0.1, 0.15) is 0 Å². The highest BCUT2D eigenvalue weighted by Crippen LogP contribution is 2.28. The Hall–Kier alpha value is -0.610. The Morgan fingerprint density at radius 3 is 2.60 bits per heavy atom. The molecule has 0 aromatic heterocycles. The molecule has 15 heavy (non-hydrogen) atoms. The Bertz CT molecular complexity index is 223. The Kier molecular flexibility index (Phi) is 4.54. The van der Waals surface area contributed by atoms with E-state index in [0.29, 0.717) is 12.0 Å². The lowest BCUT2D eigenvalue weighted by Gasteiger charge is -2.29. The molecule has 0 aromatic carbocycles. The average molecular weight is 214 g/mol. The first-order valence-corrected chi connectivity index (χ1v) is 5.40. The molecule has 0 spiro atoms. The van der Waals surface area contributed by atoms with Crippen molar-refractivity contribution in [2.45, 2.75) is 33.0 Å². The lowest BCUT2D eigenvalue weighted by Crippen LogP contribution is -2.38.